The molecular formula is C20H25N3O5. The second-order valence-corrected chi connectivity index (χ2v) is 7.41. The van der Waals surface area contributed by atoms with Gasteiger partial charge in [-0.1, -0.05) is 17.7 Å². The Morgan fingerprint density at radius 2 is 1.75 bits per heavy atom. The summed E-state index contributed by atoms with van der Waals surface area (Å²) < 4.78 is 5.17. The minimum absolute atomic E-state index is 0.0743. The summed E-state index contributed by atoms with van der Waals surface area (Å²) in [5, 5.41) is 0. The van der Waals surface area contributed by atoms with E-state index in [-0.39, 0.29) is 43.2 Å². The fourth-order valence-electron chi connectivity index (χ4n) is 3.60. The molecule has 0 unspecified atom stereocenters. The summed E-state index contributed by atoms with van der Waals surface area (Å²) in [6.07, 6.45) is 1.13. The van der Waals surface area contributed by atoms with Crippen molar-refractivity contribution in [2.24, 2.45) is 17.6 Å². The molecule has 8 nitrogen and oxygen atoms in total. The minimum atomic E-state index is -0.581. The third kappa shape index (κ3) is 4.49. The van der Waals surface area contributed by atoms with Crippen LogP contribution in [-0.4, -0.2) is 54.8 Å². The normalized spacial score (nSPS) is 20.3. The van der Waals surface area contributed by atoms with E-state index in [9.17, 15) is 19.2 Å². The second-order valence-electron chi connectivity index (χ2n) is 7.41. The monoisotopic (exact) mass is 387 g/mol. The van der Waals surface area contributed by atoms with E-state index in [0.717, 1.165) is 11.3 Å². The lowest BCUT2D eigenvalue weighted by atomic mass is 9.96. The van der Waals surface area contributed by atoms with Crippen LogP contribution in [0.1, 0.15) is 24.8 Å². The van der Waals surface area contributed by atoms with Crippen LogP contribution in [0.4, 0.5) is 5.69 Å². The molecule has 0 aliphatic carbocycles. The van der Waals surface area contributed by atoms with Crippen molar-refractivity contribution in [3.8, 4) is 0 Å². The van der Waals surface area contributed by atoms with E-state index in [0.29, 0.717) is 25.9 Å². The minimum Gasteiger partial charge on any atom is -0.455 e. The van der Waals surface area contributed by atoms with Crippen LogP contribution in [0, 0.1) is 18.8 Å². The van der Waals surface area contributed by atoms with E-state index in [1.54, 1.807) is 9.80 Å². The molecule has 8 heteroatoms. The van der Waals surface area contributed by atoms with Gasteiger partial charge in [0.05, 0.1) is 5.92 Å². The molecule has 2 N–H and O–H groups in total. The molecule has 1 aromatic carbocycles. The quantitative estimate of drug-likeness (QED) is 0.745. The average Bonchev–Trinajstić information content (AvgIpc) is 3.08. The first-order valence-electron chi connectivity index (χ1n) is 9.46. The topological polar surface area (TPSA) is 110 Å². The maximum atomic E-state index is 12.3. The highest BCUT2D eigenvalue weighted by atomic mass is 16.5. The van der Waals surface area contributed by atoms with Gasteiger partial charge >= 0.3 is 5.97 Å². The number of ether oxygens (including phenoxy) is 1. The van der Waals surface area contributed by atoms with E-state index < -0.39 is 11.9 Å². The number of anilines is 1. The number of carbonyl (C=O) groups excluding carboxylic acids is 4. The number of piperidine rings is 1. The lowest BCUT2D eigenvalue weighted by Crippen LogP contribution is -2.43. The van der Waals surface area contributed by atoms with Crippen molar-refractivity contribution in [3.63, 3.8) is 0 Å². The van der Waals surface area contributed by atoms with Crippen LogP contribution in [0.3, 0.4) is 0 Å². The summed E-state index contributed by atoms with van der Waals surface area (Å²) in [5.74, 6) is -2.10. The molecule has 3 rings (SSSR count). The van der Waals surface area contributed by atoms with Crippen LogP contribution >= 0.6 is 0 Å². The van der Waals surface area contributed by atoms with Crippen molar-refractivity contribution < 1.29 is 23.9 Å². The van der Waals surface area contributed by atoms with Crippen LogP contribution < -0.4 is 10.6 Å². The molecule has 2 saturated heterocycles. The summed E-state index contributed by atoms with van der Waals surface area (Å²) in [5.41, 5.74) is 7.12. The van der Waals surface area contributed by atoms with Gasteiger partial charge in [-0.25, -0.2) is 0 Å². The van der Waals surface area contributed by atoms with Gasteiger partial charge in [-0.05, 0) is 31.9 Å². The largest absolute Gasteiger partial charge is 0.455 e. The maximum absolute atomic E-state index is 12.3. The number of hydrogen-bond donors (Lipinski definition) is 1. The van der Waals surface area contributed by atoms with Crippen LogP contribution in [0.25, 0.3) is 0 Å². The highest BCUT2D eigenvalue weighted by Crippen LogP contribution is 2.26. The number of benzene rings is 1. The van der Waals surface area contributed by atoms with Gasteiger partial charge in [-0.15, -0.1) is 0 Å². The van der Waals surface area contributed by atoms with Gasteiger partial charge in [0.25, 0.3) is 5.91 Å². The van der Waals surface area contributed by atoms with Crippen molar-refractivity contribution in [3.05, 3.63) is 29.8 Å². The van der Waals surface area contributed by atoms with Gasteiger partial charge in [0.15, 0.2) is 6.61 Å². The molecule has 0 spiro atoms. The standard InChI is InChI=1S/C20H25N3O5/c1-13-2-4-16(5-3-13)23-11-15(10-17(23)24)20(27)28-12-18(25)22-8-6-14(7-9-22)19(21)26/h2-5,14-15H,6-12H2,1H3,(H2,21,26)/t15-/m0/s1. The van der Waals surface area contributed by atoms with Gasteiger partial charge in [0, 0.05) is 37.7 Å². The Bertz CT molecular complexity index is 769. The highest BCUT2D eigenvalue weighted by Gasteiger charge is 2.36. The van der Waals surface area contributed by atoms with Crippen molar-refractivity contribution in [2.75, 3.05) is 31.1 Å². The average molecular weight is 387 g/mol. The third-order valence-electron chi connectivity index (χ3n) is 5.39. The molecule has 150 valence electrons. The lowest BCUT2D eigenvalue weighted by molar-refractivity contribution is -0.155. The van der Waals surface area contributed by atoms with E-state index in [2.05, 4.69) is 0 Å². The number of carbonyl (C=O) groups is 4. The molecule has 2 heterocycles. The smallest absolute Gasteiger partial charge is 0.311 e. The second kappa shape index (κ2) is 8.41. The summed E-state index contributed by atoms with van der Waals surface area (Å²) in [7, 11) is 0. The Balaban J connectivity index is 1.47. The van der Waals surface area contributed by atoms with Crippen molar-refractivity contribution in [2.45, 2.75) is 26.2 Å². The van der Waals surface area contributed by atoms with Crippen molar-refractivity contribution in [1.82, 2.24) is 4.90 Å². The zero-order chi connectivity index (χ0) is 20.3. The first kappa shape index (κ1) is 19.9. The number of aryl methyl sites for hydroxylation is 1. The fourth-order valence-corrected chi connectivity index (χ4v) is 3.60. The van der Waals surface area contributed by atoms with Crippen LogP contribution in [0.2, 0.25) is 0 Å². The van der Waals surface area contributed by atoms with Gasteiger partial charge < -0.3 is 20.3 Å². The molecule has 1 atom stereocenters. The van der Waals surface area contributed by atoms with Crippen LogP contribution in [0.15, 0.2) is 24.3 Å². The van der Waals surface area contributed by atoms with E-state index >= 15 is 0 Å². The van der Waals surface area contributed by atoms with E-state index in [1.807, 2.05) is 31.2 Å². The Labute approximate surface area is 163 Å². The van der Waals surface area contributed by atoms with Crippen LogP contribution in [0.5, 0.6) is 0 Å². The maximum Gasteiger partial charge on any atom is 0.311 e. The molecule has 2 aliphatic heterocycles. The summed E-state index contributed by atoms with van der Waals surface area (Å²) in [4.78, 5) is 51.1. The highest BCUT2D eigenvalue weighted by molar-refractivity contribution is 5.99. The van der Waals surface area contributed by atoms with Crippen molar-refractivity contribution >= 4 is 29.4 Å². The molecule has 0 bridgehead atoms. The lowest BCUT2D eigenvalue weighted by Gasteiger charge is -2.30. The van der Waals surface area contributed by atoms with E-state index in [4.69, 9.17) is 10.5 Å². The molecule has 28 heavy (non-hydrogen) atoms. The van der Waals surface area contributed by atoms with Gasteiger partial charge in [0.2, 0.25) is 11.8 Å². The number of rotatable bonds is 5. The van der Waals surface area contributed by atoms with Crippen LogP contribution in [-0.2, 0) is 23.9 Å². The van der Waals surface area contributed by atoms with Gasteiger partial charge in [-0.2, -0.15) is 0 Å². The molecule has 0 aromatic heterocycles. The summed E-state index contributed by atoms with van der Waals surface area (Å²) in [6, 6.07) is 7.52. The first-order valence-corrected chi connectivity index (χ1v) is 9.46. The Morgan fingerprint density at radius 3 is 2.36 bits per heavy atom. The predicted molar refractivity (Wildman–Crippen MR) is 101 cm³/mol. The molecule has 0 radical (unpaired) electrons. The number of amides is 3. The molecule has 2 fully saturated rings. The number of nitrogens with zero attached hydrogens (tertiary/aromatic N) is 2. The molecule has 3 amide bonds. The molecular weight excluding hydrogens is 362 g/mol. The number of likely N-dealkylation sites (tertiary alicyclic amines) is 1. The first-order chi connectivity index (χ1) is 13.3. The fraction of sp³-hybridized carbons (Fsp3) is 0.500. The zero-order valence-electron chi connectivity index (χ0n) is 15.9. The molecule has 1 aromatic rings. The third-order valence-corrected chi connectivity index (χ3v) is 5.39. The van der Waals surface area contributed by atoms with Crippen molar-refractivity contribution in [1.29, 1.82) is 0 Å². The zero-order valence-corrected chi connectivity index (χ0v) is 15.9. The van der Waals surface area contributed by atoms with Gasteiger partial charge in [-0.3, -0.25) is 19.2 Å². The molecule has 2 aliphatic rings. The number of nitrogens with two attached hydrogens (primary N) is 1. The Hall–Kier alpha value is -2.90. The molecule has 0 saturated carbocycles. The Morgan fingerprint density at radius 1 is 1.11 bits per heavy atom. The number of esters is 1. The number of hydrogen-bond acceptors (Lipinski definition) is 5. The summed E-state index contributed by atoms with van der Waals surface area (Å²) >= 11 is 0. The Kier molecular flexibility index (Phi) is 5.96. The predicted octanol–water partition coefficient (Wildman–Crippen LogP) is 0.615. The number of primary amides is 1. The summed E-state index contributed by atoms with van der Waals surface area (Å²) in [6.45, 7) is 2.71. The SMILES string of the molecule is Cc1ccc(N2C[C@@H](C(=O)OCC(=O)N3CCC(C(N)=O)CC3)CC2=O)cc1. The van der Waals surface area contributed by atoms with E-state index in [1.165, 1.54) is 0 Å². The van der Waals surface area contributed by atoms with Gasteiger partial charge in [0.1, 0.15) is 0 Å².